The third-order valence-corrected chi connectivity index (χ3v) is 7.56. The molecule has 0 aliphatic heterocycles. The van der Waals surface area contributed by atoms with Gasteiger partial charge >= 0.3 is 18.0 Å². The van der Waals surface area contributed by atoms with E-state index in [1.807, 2.05) is 0 Å². The number of aryl methyl sites for hydroxylation is 1. The van der Waals surface area contributed by atoms with Crippen molar-refractivity contribution in [1.82, 2.24) is 20.6 Å². The third kappa shape index (κ3) is 7.09. The average molecular weight is 649 g/mol. The number of carbonyl (C=O) groups is 4. The largest absolute Gasteiger partial charge is 0.461 e. The number of allylic oxidation sites excluding steroid dienone is 4. The summed E-state index contributed by atoms with van der Waals surface area (Å²) < 4.78 is 43.3. The molecule has 246 valence electrons. The van der Waals surface area contributed by atoms with Crippen LogP contribution < -0.4 is 10.6 Å². The van der Waals surface area contributed by atoms with Gasteiger partial charge in [0, 0.05) is 25.2 Å². The van der Waals surface area contributed by atoms with Gasteiger partial charge in [-0.15, -0.1) is 0 Å². The van der Waals surface area contributed by atoms with Crippen LogP contribution in [0.4, 0.5) is 13.6 Å². The molecule has 3 N–H and O–H groups in total. The van der Waals surface area contributed by atoms with E-state index >= 15 is 8.78 Å². The highest BCUT2D eigenvalue weighted by atomic mass is 19.3. The molecule has 2 aromatic carbocycles. The van der Waals surface area contributed by atoms with E-state index in [2.05, 4.69) is 20.6 Å². The summed E-state index contributed by atoms with van der Waals surface area (Å²) in [5, 5.41) is 17.4. The van der Waals surface area contributed by atoms with E-state index in [1.165, 1.54) is 55.7 Å². The van der Waals surface area contributed by atoms with Gasteiger partial charge in [0.2, 0.25) is 5.91 Å². The number of aliphatic hydroxyl groups is 1. The van der Waals surface area contributed by atoms with Gasteiger partial charge in [-0.2, -0.15) is 8.78 Å². The minimum atomic E-state index is -4.75. The highest BCUT2D eigenvalue weighted by molar-refractivity contribution is 6.01. The van der Waals surface area contributed by atoms with Crippen LogP contribution in [0.2, 0.25) is 0 Å². The van der Waals surface area contributed by atoms with Gasteiger partial charge in [0.1, 0.15) is 12.1 Å². The Morgan fingerprint density at radius 3 is 2.34 bits per heavy atom. The molecule has 11 nitrogen and oxygen atoms in total. The molecule has 47 heavy (non-hydrogen) atoms. The quantitative estimate of drug-likeness (QED) is 0.246. The van der Waals surface area contributed by atoms with Gasteiger partial charge in [-0.1, -0.05) is 72.3 Å². The maximum Gasteiger partial charge on any atom is 0.412 e. The number of nitrogens with zero attached hydrogens (tertiary/aromatic N) is 2. The van der Waals surface area contributed by atoms with Crippen LogP contribution in [0.5, 0.6) is 0 Å². The lowest BCUT2D eigenvalue weighted by atomic mass is 9.65. The van der Waals surface area contributed by atoms with Crippen LogP contribution in [0.15, 0.2) is 97.0 Å². The van der Waals surface area contributed by atoms with Crippen LogP contribution in [0, 0.1) is 12.8 Å². The molecule has 2 amide bonds. The van der Waals surface area contributed by atoms with Crippen molar-refractivity contribution in [2.75, 3.05) is 6.61 Å². The molecule has 4 rings (SSSR count). The number of ketones is 1. The fourth-order valence-electron chi connectivity index (χ4n) is 5.47. The number of hydrogen-bond acceptors (Lipinski definition) is 9. The van der Waals surface area contributed by atoms with E-state index in [0.717, 1.165) is 13.0 Å². The molecular weight excluding hydrogens is 614 g/mol. The number of alkyl carbamates (subject to hydrolysis) is 1. The molecular formula is C34H34F2N4O7. The summed E-state index contributed by atoms with van der Waals surface area (Å²) in [5.41, 5.74) is -5.97. The van der Waals surface area contributed by atoms with Crippen molar-refractivity contribution in [3.63, 3.8) is 0 Å². The number of alkyl halides is 2. The highest BCUT2D eigenvalue weighted by Gasteiger charge is 2.73. The first-order valence-electron chi connectivity index (χ1n) is 14.7. The number of hydrogen-bond donors (Lipinski definition) is 3. The van der Waals surface area contributed by atoms with Crippen LogP contribution in [0.1, 0.15) is 42.8 Å². The van der Waals surface area contributed by atoms with Crippen LogP contribution in [0.3, 0.4) is 0 Å². The Morgan fingerprint density at radius 1 is 1.00 bits per heavy atom. The molecule has 3 aromatic rings. The Balaban J connectivity index is 1.83. The van der Waals surface area contributed by atoms with E-state index in [4.69, 9.17) is 9.47 Å². The molecule has 3 atom stereocenters. The molecule has 0 saturated heterocycles. The molecule has 1 heterocycles. The number of Topliss-reactive ketones (excluding diaryl/α,β-unsaturated/α-hetero) is 1. The number of carbonyl (C=O) groups excluding carboxylic acids is 4. The molecule has 0 spiro atoms. The zero-order valence-electron chi connectivity index (χ0n) is 25.9. The van der Waals surface area contributed by atoms with Gasteiger partial charge < -0.3 is 19.9 Å². The minimum absolute atomic E-state index is 0.0864. The van der Waals surface area contributed by atoms with Crippen molar-refractivity contribution in [2.45, 2.75) is 50.9 Å². The van der Waals surface area contributed by atoms with Crippen LogP contribution in [-0.2, 0) is 41.6 Å². The highest BCUT2D eigenvalue weighted by Crippen LogP contribution is 2.53. The minimum Gasteiger partial charge on any atom is -0.461 e. The maximum absolute atomic E-state index is 16.7. The zero-order valence-corrected chi connectivity index (χ0v) is 25.9. The molecule has 1 unspecified atom stereocenters. The summed E-state index contributed by atoms with van der Waals surface area (Å²) >= 11 is 0. The van der Waals surface area contributed by atoms with Gasteiger partial charge in [-0.25, -0.2) is 19.6 Å². The summed E-state index contributed by atoms with van der Waals surface area (Å²) in [7, 11) is 0. The van der Waals surface area contributed by atoms with Gasteiger partial charge in [-0.3, -0.25) is 14.9 Å². The number of aromatic nitrogens is 2. The van der Waals surface area contributed by atoms with Gasteiger partial charge in [0.15, 0.2) is 17.2 Å². The molecule has 0 bridgehead atoms. The fraction of sp³-hybridized carbons (Fsp3) is 0.294. The number of esters is 1. The van der Waals surface area contributed by atoms with Gasteiger partial charge in [0.25, 0.3) is 0 Å². The van der Waals surface area contributed by atoms with Crippen molar-refractivity contribution in [3.8, 4) is 0 Å². The first-order valence-corrected chi connectivity index (χ1v) is 14.7. The number of benzene rings is 2. The van der Waals surface area contributed by atoms with Crippen molar-refractivity contribution in [3.05, 3.63) is 119 Å². The Kier molecular flexibility index (Phi) is 10.6. The molecule has 1 aliphatic rings. The molecule has 13 heteroatoms. The lowest BCUT2D eigenvalue weighted by Gasteiger charge is -2.49. The van der Waals surface area contributed by atoms with E-state index in [1.54, 1.807) is 43.3 Å². The molecule has 0 fully saturated rings. The molecule has 0 radical (unpaired) electrons. The standard InChI is InChI=1S/C34H34F2N4O7/c1-4-46-30(43)34(35,36)33(45,26-15-8-11-22(2)19-26)32(40-23(3)41,29-37-17-10-18-38-29)20-25-14-9-16-27(28(25)42)39-31(44)47-21-24-12-6-5-7-13-24/h5-19,25,45H,4,20-21H2,1-3H3,(H,39,44)(H,40,41)/t25?,32-,33+/m0/s1. The van der Waals surface area contributed by atoms with Crippen LogP contribution in [-0.4, -0.2) is 51.4 Å². The topological polar surface area (TPSA) is 157 Å². The summed E-state index contributed by atoms with van der Waals surface area (Å²) in [4.78, 5) is 60.6. The summed E-state index contributed by atoms with van der Waals surface area (Å²) in [6.45, 7) is 3.38. The summed E-state index contributed by atoms with van der Waals surface area (Å²) in [6, 6.07) is 15.5. The van der Waals surface area contributed by atoms with E-state index < -0.39 is 71.1 Å². The van der Waals surface area contributed by atoms with Crippen molar-refractivity contribution >= 4 is 23.8 Å². The normalized spacial score (nSPS) is 17.0. The SMILES string of the molecule is CCOC(=O)C(F)(F)[C@@](O)(c1cccc(C)c1)[C@@](CC1C=CC=C(NC(=O)OCc2ccccc2)C1=O)(NC(C)=O)c1ncccn1. The predicted molar refractivity (Wildman–Crippen MR) is 164 cm³/mol. The van der Waals surface area contributed by atoms with E-state index in [0.29, 0.717) is 11.1 Å². The Morgan fingerprint density at radius 2 is 1.70 bits per heavy atom. The van der Waals surface area contributed by atoms with Crippen LogP contribution in [0.25, 0.3) is 0 Å². The van der Waals surface area contributed by atoms with Gasteiger partial charge in [-0.05, 0) is 43.5 Å². The second kappa shape index (κ2) is 14.4. The second-order valence-electron chi connectivity index (χ2n) is 10.9. The third-order valence-electron chi connectivity index (χ3n) is 7.56. The monoisotopic (exact) mass is 648 g/mol. The molecule has 0 saturated carbocycles. The number of amides is 2. The van der Waals surface area contributed by atoms with E-state index in [9.17, 15) is 24.3 Å². The Hall–Kier alpha value is -5.30. The predicted octanol–water partition coefficient (Wildman–Crippen LogP) is 4.16. The molecule has 1 aromatic heterocycles. The smallest absolute Gasteiger partial charge is 0.412 e. The zero-order chi connectivity index (χ0) is 34.2. The van der Waals surface area contributed by atoms with E-state index in [-0.39, 0.29) is 12.3 Å². The first-order chi connectivity index (χ1) is 22.4. The Bertz CT molecular complexity index is 1680. The summed E-state index contributed by atoms with van der Waals surface area (Å²) in [5.74, 6) is -10.4. The lowest BCUT2D eigenvalue weighted by molar-refractivity contribution is -0.246. The summed E-state index contributed by atoms with van der Waals surface area (Å²) in [6.07, 6.45) is 4.70. The first kappa shape index (κ1) is 34.6. The second-order valence-corrected chi connectivity index (χ2v) is 10.9. The Labute approximate surface area is 269 Å². The fourth-order valence-corrected chi connectivity index (χ4v) is 5.47. The number of nitrogens with one attached hydrogen (secondary N) is 2. The van der Waals surface area contributed by atoms with Crippen molar-refractivity contribution in [1.29, 1.82) is 0 Å². The lowest BCUT2D eigenvalue weighted by Crippen LogP contribution is -2.70. The molecule has 1 aliphatic carbocycles. The van der Waals surface area contributed by atoms with Crippen molar-refractivity contribution in [2.24, 2.45) is 5.92 Å². The number of rotatable bonds is 12. The average Bonchev–Trinajstić information content (AvgIpc) is 3.05. The van der Waals surface area contributed by atoms with Gasteiger partial charge in [0.05, 0.1) is 12.3 Å². The number of halogens is 2. The maximum atomic E-state index is 16.7. The van der Waals surface area contributed by atoms with Crippen molar-refractivity contribution < 1.29 is 42.5 Å². The number of ether oxygens (including phenoxy) is 2. The van der Waals surface area contributed by atoms with Crippen LogP contribution >= 0.6 is 0 Å².